The molecule has 0 amide bonds. The predicted molar refractivity (Wildman–Crippen MR) is 92.8 cm³/mol. The van der Waals surface area contributed by atoms with Crippen LogP contribution in [0.4, 0.5) is 0 Å². The Morgan fingerprint density at radius 3 is 1.58 bits per heavy atom. The van der Waals surface area contributed by atoms with E-state index >= 15 is 0 Å². The van der Waals surface area contributed by atoms with E-state index < -0.39 is 0 Å². The third-order valence-corrected chi connectivity index (χ3v) is 3.40. The molecular weight excluding hydrogens is 304 g/mol. The lowest BCUT2D eigenvalue weighted by molar-refractivity contribution is 0.0427. The highest BCUT2D eigenvalue weighted by atomic mass is 16.5. The predicted octanol–water partition coefficient (Wildman–Crippen LogP) is 4.12. The molecule has 24 heavy (non-hydrogen) atoms. The summed E-state index contributed by atoms with van der Waals surface area (Å²) in [6, 6.07) is 16.3. The summed E-state index contributed by atoms with van der Waals surface area (Å²) in [6.07, 6.45) is 3.24. The van der Waals surface area contributed by atoms with Crippen LogP contribution >= 0.6 is 0 Å². The molecule has 0 spiro atoms. The van der Waals surface area contributed by atoms with Crippen LogP contribution in [0.25, 0.3) is 6.08 Å². The van der Waals surface area contributed by atoms with Crippen LogP contribution in [0.2, 0.25) is 0 Å². The fourth-order valence-corrected chi connectivity index (χ4v) is 2.03. The minimum absolute atomic E-state index is 0.347. The van der Waals surface area contributed by atoms with Gasteiger partial charge in [0.05, 0.1) is 24.3 Å². The molecule has 2 aliphatic rings. The molecule has 4 heteroatoms. The van der Waals surface area contributed by atoms with Gasteiger partial charge in [0, 0.05) is 0 Å². The van der Waals surface area contributed by atoms with Gasteiger partial charge < -0.3 is 9.47 Å². The maximum Gasteiger partial charge on any atom is 0.338 e. The molecule has 4 rings (SSSR count). The number of esters is 2. The number of hydrogen-bond acceptors (Lipinski definition) is 4. The van der Waals surface area contributed by atoms with Crippen molar-refractivity contribution in [1.82, 2.24) is 0 Å². The Morgan fingerprint density at radius 2 is 1.21 bits per heavy atom. The maximum absolute atomic E-state index is 11.5. The lowest BCUT2D eigenvalue weighted by Gasteiger charge is -2.09. The molecule has 124 valence electrons. The van der Waals surface area contributed by atoms with Gasteiger partial charge in [-0.2, -0.15) is 0 Å². The summed E-state index contributed by atoms with van der Waals surface area (Å²) in [5.74, 6) is -0.694. The van der Waals surface area contributed by atoms with Gasteiger partial charge in [-0.05, 0) is 42.7 Å². The number of hydrogen-bond donors (Lipinski definition) is 0. The number of rotatable bonds is 1. The van der Waals surface area contributed by atoms with Crippen LogP contribution in [-0.4, -0.2) is 25.2 Å². The first-order chi connectivity index (χ1) is 11.7. The van der Waals surface area contributed by atoms with Crippen molar-refractivity contribution in [3.63, 3.8) is 0 Å². The highest BCUT2D eigenvalue weighted by Crippen LogP contribution is 2.09. The summed E-state index contributed by atoms with van der Waals surface area (Å²) in [6.45, 7) is 4.35. The van der Waals surface area contributed by atoms with Crippen molar-refractivity contribution in [1.29, 1.82) is 0 Å². The lowest BCUT2D eigenvalue weighted by Crippen LogP contribution is -2.12. The van der Waals surface area contributed by atoms with Crippen LogP contribution in [0, 0.1) is 0 Å². The Morgan fingerprint density at radius 1 is 0.750 bits per heavy atom. The normalized spacial score (nSPS) is 14.2. The molecule has 0 atom stereocenters. The molecule has 0 saturated carbocycles. The van der Waals surface area contributed by atoms with E-state index in [0.717, 1.165) is 0 Å². The lowest BCUT2D eigenvalue weighted by atomic mass is 10.1. The van der Waals surface area contributed by atoms with Gasteiger partial charge in [-0.3, -0.25) is 0 Å². The van der Waals surface area contributed by atoms with Crippen molar-refractivity contribution in [3.8, 4) is 0 Å². The summed E-state index contributed by atoms with van der Waals surface area (Å²) < 4.78 is 10.1. The number of benzene rings is 2. The summed E-state index contributed by atoms with van der Waals surface area (Å²) in [5, 5.41) is 0. The van der Waals surface area contributed by atoms with E-state index in [0.29, 0.717) is 37.2 Å². The van der Waals surface area contributed by atoms with Crippen molar-refractivity contribution in [2.75, 3.05) is 13.2 Å². The molecule has 0 aromatic heterocycles. The van der Waals surface area contributed by atoms with Gasteiger partial charge in [-0.15, -0.1) is 0 Å². The van der Waals surface area contributed by atoms with E-state index in [9.17, 15) is 9.59 Å². The van der Waals surface area contributed by atoms with E-state index in [2.05, 4.69) is 6.58 Å². The largest absolute Gasteiger partial charge is 0.462 e. The highest BCUT2D eigenvalue weighted by Gasteiger charge is 2.12. The number of fused-ring (bicyclic) bond motifs is 9. The van der Waals surface area contributed by atoms with Crippen LogP contribution in [0.1, 0.15) is 39.1 Å². The van der Waals surface area contributed by atoms with Gasteiger partial charge >= 0.3 is 11.9 Å². The third-order valence-electron chi connectivity index (χ3n) is 3.40. The van der Waals surface area contributed by atoms with Gasteiger partial charge in [0.1, 0.15) is 0 Å². The minimum Gasteiger partial charge on any atom is -0.462 e. The van der Waals surface area contributed by atoms with Crippen LogP contribution in [-0.2, 0) is 9.47 Å². The highest BCUT2D eigenvalue weighted by molar-refractivity contribution is 5.93. The fraction of sp³-hybridized carbons (Fsp3) is 0.200. The van der Waals surface area contributed by atoms with Gasteiger partial charge in [0.2, 0.25) is 0 Å². The fourth-order valence-electron chi connectivity index (χ4n) is 2.03. The zero-order valence-electron chi connectivity index (χ0n) is 13.4. The van der Waals surface area contributed by atoms with E-state index in [1.807, 2.05) is 36.4 Å². The monoisotopic (exact) mass is 324 g/mol. The van der Waals surface area contributed by atoms with Crippen molar-refractivity contribution < 1.29 is 19.1 Å². The van der Waals surface area contributed by atoms with Crippen molar-refractivity contribution >= 4 is 18.0 Å². The van der Waals surface area contributed by atoms with Crippen LogP contribution in [0.5, 0.6) is 0 Å². The van der Waals surface area contributed by atoms with Crippen molar-refractivity contribution in [3.05, 3.63) is 77.9 Å². The van der Waals surface area contributed by atoms with E-state index in [4.69, 9.17) is 9.47 Å². The Hall–Kier alpha value is -2.88. The van der Waals surface area contributed by atoms with Gasteiger partial charge in [-0.25, -0.2) is 9.59 Å². The van der Waals surface area contributed by atoms with Gasteiger partial charge in [0.25, 0.3) is 0 Å². The Bertz CT molecular complexity index is 636. The molecule has 2 aromatic carbocycles. The second-order valence-corrected chi connectivity index (χ2v) is 5.17. The molecule has 2 aliphatic heterocycles. The maximum atomic E-state index is 11.5. The molecule has 2 bridgehead atoms. The molecule has 2 heterocycles. The second kappa shape index (κ2) is 9.30. The van der Waals surface area contributed by atoms with Crippen LogP contribution in [0.3, 0.4) is 0 Å². The van der Waals surface area contributed by atoms with Crippen molar-refractivity contribution in [2.45, 2.75) is 12.8 Å². The van der Waals surface area contributed by atoms with Crippen LogP contribution < -0.4 is 0 Å². The Balaban J connectivity index is 0.000000219. The standard InChI is InChI=1S/C12H12O4.C8H8/c13-11-9-3-5-10(6-4-9)12(14)16-8-2-1-7-15-11;1-2-8-6-4-3-5-7-8/h3-6H,1-2,7-8H2;2-7H,1H2. The summed E-state index contributed by atoms with van der Waals surface area (Å²) in [4.78, 5) is 23.0. The first-order valence-electron chi connectivity index (χ1n) is 7.82. The Kier molecular flexibility index (Phi) is 6.77. The minimum atomic E-state index is -0.347. The average molecular weight is 324 g/mol. The number of carbonyl (C=O) groups excluding carboxylic acids is 2. The average Bonchev–Trinajstić information content (AvgIpc) is 2.64. The van der Waals surface area contributed by atoms with Gasteiger partial charge in [-0.1, -0.05) is 43.0 Å². The first-order valence-corrected chi connectivity index (χ1v) is 7.82. The molecule has 4 nitrogen and oxygen atoms in total. The summed E-state index contributed by atoms with van der Waals surface area (Å²) >= 11 is 0. The smallest absolute Gasteiger partial charge is 0.338 e. The number of ether oxygens (including phenoxy) is 2. The van der Waals surface area contributed by atoms with Gasteiger partial charge in [0.15, 0.2) is 0 Å². The quantitative estimate of drug-likeness (QED) is 0.740. The molecule has 2 aromatic rings. The Labute approximate surface area is 141 Å². The molecule has 0 radical (unpaired) electrons. The SMILES string of the molecule is C=Cc1ccccc1.O=C1OCCCCOC(=O)c2ccc1cc2. The molecule has 0 aliphatic carbocycles. The molecule has 0 N–H and O–H groups in total. The van der Waals surface area contributed by atoms with E-state index in [1.54, 1.807) is 24.3 Å². The van der Waals surface area contributed by atoms with Crippen molar-refractivity contribution in [2.24, 2.45) is 0 Å². The molecule has 0 unspecified atom stereocenters. The first kappa shape index (κ1) is 17.5. The van der Waals surface area contributed by atoms with E-state index in [-0.39, 0.29) is 11.9 Å². The third kappa shape index (κ3) is 5.39. The summed E-state index contributed by atoms with van der Waals surface area (Å²) in [5.41, 5.74) is 2.08. The topological polar surface area (TPSA) is 52.6 Å². The summed E-state index contributed by atoms with van der Waals surface area (Å²) in [7, 11) is 0. The van der Waals surface area contributed by atoms with Crippen LogP contribution in [0.15, 0.2) is 61.2 Å². The molecular formula is C20H20O4. The molecule has 0 saturated heterocycles. The number of carbonyl (C=O) groups is 2. The van der Waals surface area contributed by atoms with E-state index in [1.165, 1.54) is 5.56 Å². The zero-order valence-corrected chi connectivity index (χ0v) is 13.4. The zero-order chi connectivity index (χ0) is 17.2. The molecule has 0 fully saturated rings. The second-order valence-electron chi connectivity index (χ2n) is 5.17.